The monoisotopic (exact) mass is 340 g/mol. The molecular formula is C13H11F3N6O2. The third-order valence-electron chi connectivity index (χ3n) is 2.86. The van der Waals surface area contributed by atoms with Crippen LogP contribution in [0.25, 0.3) is 0 Å². The fourth-order valence-corrected chi connectivity index (χ4v) is 1.89. The second-order valence-electron chi connectivity index (χ2n) is 4.63. The van der Waals surface area contributed by atoms with Gasteiger partial charge in [-0.1, -0.05) is 5.92 Å². The molecule has 0 fully saturated rings. The summed E-state index contributed by atoms with van der Waals surface area (Å²) in [4.78, 5) is 17.0. The number of aromatic carboxylic acids is 1. The lowest BCUT2D eigenvalue weighted by Crippen LogP contribution is -2.28. The van der Waals surface area contributed by atoms with E-state index in [1.165, 1.54) is 7.05 Å². The Morgan fingerprint density at radius 1 is 1.46 bits per heavy atom. The Labute approximate surface area is 133 Å². The highest BCUT2D eigenvalue weighted by molar-refractivity contribution is 5.93. The minimum Gasteiger partial charge on any atom is -0.478 e. The third-order valence-corrected chi connectivity index (χ3v) is 2.86. The molecule has 2 aromatic heterocycles. The first-order valence-electron chi connectivity index (χ1n) is 6.45. The minimum atomic E-state index is -4.72. The number of alkyl halides is 3. The number of halogens is 3. The summed E-state index contributed by atoms with van der Waals surface area (Å²) >= 11 is 0. The number of pyridine rings is 1. The molecule has 0 amide bonds. The van der Waals surface area contributed by atoms with Gasteiger partial charge in [0.05, 0.1) is 20.1 Å². The first-order chi connectivity index (χ1) is 11.2. The van der Waals surface area contributed by atoms with Gasteiger partial charge in [-0.3, -0.25) is 0 Å². The largest absolute Gasteiger partial charge is 0.478 e. The van der Waals surface area contributed by atoms with E-state index in [1.54, 1.807) is 0 Å². The minimum absolute atomic E-state index is 0.146. The Morgan fingerprint density at radius 3 is 2.67 bits per heavy atom. The molecular weight excluding hydrogens is 329 g/mol. The number of anilines is 1. The molecule has 2 rings (SSSR count). The van der Waals surface area contributed by atoms with Crippen LogP contribution >= 0.6 is 0 Å². The van der Waals surface area contributed by atoms with E-state index in [4.69, 9.17) is 6.42 Å². The van der Waals surface area contributed by atoms with Crippen molar-refractivity contribution in [2.24, 2.45) is 7.05 Å². The summed E-state index contributed by atoms with van der Waals surface area (Å²) in [7, 11) is 1.51. The molecule has 0 radical (unpaired) electrons. The number of rotatable bonds is 5. The standard InChI is InChI=1S/C13H11F3N6O2/c1-3-6-22(7-10-18-20-21(2)19-10)11-8(12(23)24)4-5-9(17-11)13(14,15)16/h1,4-5H,6-7H2,2H3,(H,23,24). The number of aromatic nitrogens is 5. The van der Waals surface area contributed by atoms with Gasteiger partial charge in [0.1, 0.15) is 17.1 Å². The first kappa shape index (κ1) is 17.2. The van der Waals surface area contributed by atoms with Gasteiger partial charge >= 0.3 is 12.1 Å². The second kappa shape index (κ2) is 6.53. The highest BCUT2D eigenvalue weighted by atomic mass is 19.4. The van der Waals surface area contributed by atoms with Crippen LogP contribution in [0, 0.1) is 12.3 Å². The van der Waals surface area contributed by atoms with Crippen molar-refractivity contribution in [3.63, 3.8) is 0 Å². The normalized spacial score (nSPS) is 11.1. The van der Waals surface area contributed by atoms with Crippen molar-refractivity contribution in [2.45, 2.75) is 12.7 Å². The smallest absolute Gasteiger partial charge is 0.433 e. The van der Waals surface area contributed by atoms with E-state index in [0.717, 1.165) is 15.8 Å². The van der Waals surface area contributed by atoms with Gasteiger partial charge in [0, 0.05) is 0 Å². The van der Waals surface area contributed by atoms with E-state index in [9.17, 15) is 23.1 Å². The zero-order chi connectivity index (χ0) is 17.9. The summed E-state index contributed by atoms with van der Waals surface area (Å²) in [6, 6.07) is 1.43. The highest BCUT2D eigenvalue weighted by Gasteiger charge is 2.34. The maximum atomic E-state index is 12.9. The van der Waals surface area contributed by atoms with Gasteiger partial charge in [0.15, 0.2) is 5.82 Å². The average molecular weight is 340 g/mol. The van der Waals surface area contributed by atoms with Crippen molar-refractivity contribution in [3.05, 3.63) is 29.2 Å². The number of nitrogens with zero attached hydrogens (tertiary/aromatic N) is 6. The van der Waals surface area contributed by atoms with Gasteiger partial charge in [-0.25, -0.2) is 9.78 Å². The molecule has 24 heavy (non-hydrogen) atoms. The topological polar surface area (TPSA) is 97.0 Å². The molecule has 0 unspecified atom stereocenters. The van der Waals surface area contributed by atoms with E-state index in [0.29, 0.717) is 6.07 Å². The molecule has 1 N–H and O–H groups in total. The van der Waals surface area contributed by atoms with Crippen molar-refractivity contribution in [1.82, 2.24) is 25.2 Å². The van der Waals surface area contributed by atoms with Gasteiger partial charge in [-0.15, -0.1) is 16.6 Å². The summed E-state index contributed by atoms with van der Waals surface area (Å²) in [5.74, 6) is 0.558. The van der Waals surface area contributed by atoms with Crippen LogP contribution in [0.3, 0.4) is 0 Å². The van der Waals surface area contributed by atoms with Crippen LogP contribution in [-0.2, 0) is 19.8 Å². The van der Waals surface area contributed by atoms with Crippen molar-refractivity contribution in [1.29, 1.82) is 0 Å². The number of carbonyl (C=O) groups is 1. The Hall–Kier alpha value is -3.16. The fraction of sp³-hybridized carbons (Fsp3) is 0.308. The summed E-state index contributed by atoms with van der Waals surface area (Å²) in [5.41, 5.74) is -1.64. The highest BCUT2D eigenvalue weighted by Crippen LogP contribution is 2.31. The Bertz CT molecular complexity index is 796. The van der Waals surface area contributed by atoms with Gasteiger partial charge in [0.25, 0.3) is 0 Å². The lowest BCUT2D eigenvalue weighted by atomic mass is 10.2. The number of hydrogen-bond acceptors (Lipinski definition) is 6. The molecule has 11 heteroatoms. The Kier molecular flexibility index (Phi) is 4.68. The molecule has 0 spiro atoms. The molecule has 0 aliphatic carbocycles. The molecule has 0 saturated heterocycles. The molecule has 0 atom stereocenters. The van der Waals surface area contributed by atoms with Crippen molar-refractivity contribution in [2.75, 3.05) is 11.4 Å². The number of hydrogen-bond donors (Lipinski definition) is 1. The second-order valence-corrected chi connectivity index (χ2v) is 4.63. The molecule has 0 saturated carbocycles. The molecule has 2 aromatic rings. The van der Waals surface area contributed by atoms with Crippen LogP contribution in [-0.4, -0.2) is 42.8 Å². The quantitative estimate of drug-likeness (QED) is 0.810. The van der Waals surface area contributed by atoms with Crippen LogP contribution in [0.5, 0.6) is 0 Å². The molecule has 2 heterocycles. The zero-order valence-corrected chi connectivity index (χ0v) is 12.3. The van der Waals surface area contributed by atoms with Crippen molar-refractivity contribution in [3.8, 4) is 12.3 Å². The van der Waals surface area contributed by atoms with E-state index in [1.807, 2.05) is 0 Å². The SMILES string of the molecule is C#CCN(Cc1nnn(C)n1)c1nc(C(F)(F)F)ccc1C(=O)O. The summed E-state index contributed by atoms with van der Waals surface area (Å²) in [6.07, 6.45) is 0.501. The van der Waals surface area contributed by atoms with Gasteiger partial charge in [-0.2, -0.15) is 18.0 Å². The van der Waals surface area contributed by atoms with Gasteiger partial charge in [-0.05, 0) is 17.3 Å². The molecule has 0 aromatic carbocycles. The van der Waals surface area contributed by atoms with Crippen molar-refractivity contribution >= 4 is 11.8 Å². The first-order valence-corrected chi connectivity index (χ1v) is 6.45. The molecule has 0 aliphatic heterocycles. The number of tetrazole rings is 1. The number of carboxylic acid groups (broad SMARTS) is 1. The Morgan fingerprint density at radius 2 is 2.17 bits per heavy atom. The van der Waals surface area contributed by atoms with Gasteiger partial charge in [0.2, 0.25) is 0 Å². The van der Waals surface area contributed by atoms with E-state index >= 15 is 0 Å². The predicted molar refractivity (Wildman–Crippen MR) is 74.9 cm³/mol. The van der Waals surface area contributed by atoms with Gasteiger partial charge < -0.3 is 10.0 Å². The van der Waals surface area contributed by atoms with Crippen molar-refractivity contribution < 1.29 is 23.1 Å². The number of terminal acetylenes is 1. The molecule has 0 bridgehead atoms. The summed E-state index contributed by atoms with van der Waals surface area (Å²) < 4.78 is 38.6. The Balaban J connectivity index is 2.50. The zero-order valence-electron chi connectivity index (χ0n) is 12.3. The number of aryl methyl sites for hydroxylation is 1. The number of carboxylic acids is 1. The summed E-state index contributed by atoms with van der Waals surface area (Å²) in [6.45, 7) is -0.334. The average Bonchev–Trinajstić information content (AvgIpc) is 2.90. The van der Waals surface area contributed by atoms with E-state index in [-0.39, 0.29) is 18.9 Å². The summed E-state index contributed by atoms with van der Waals surface area (Å²) in [5, 5.41) is 20.4. The maximum absolute atomic E-state index is 12.9. The maximum Gasteiger partial charge on any atom is 0.433 e. The van der Waals surface area contributed by atoms with E-state index in [2.05, 4.69) is 26.3 Å². The lowest BCUT2D eigenvalue weighted by Gasteiger charge is -2.22. The lowest BCUT2D eigenvalue weighted by molar-refractivity contribution is -0.141. The molecule has 126 valence electrons. The van der Waals surface area contributed by atoms with Crippen LogP contribution in [0.1, 0.15) is 21.9 Å². The molecule has 8 nitrogen and oxygen atoms in total. The fourth-order valence-electron chi connectivity index (χ4n) is 1.89. The third kappa shape index (κ3) is 3.78. The van der Waals surface area contributed by atoms with E-state index < -0.39 is 29.2 Å². The van der Waals surface area contributed by atoms with Crippen LogP contribution < -0.4 is 4.90 Å². The molecule has 0 aliphatic rings. The van der Waals surface area contributed by atoms with Crippen LogP contribution in [0.4, 0.5) is 19.0 Å². The predicted octanol–water partition coefficient (Wildman–Crippen LogP) is 0.962. The van der Waals surface area contributed by atoms with Crippen LogP contribution in [0.2, 0.25) is 0 Å². The van der Waals surface area contributed by atoms with Crippen LogP contribution in [0.15, 0.2) is 12.1 Å².